The summed E-state index contributed by atoms with van der Waals surface area (Å²) in [5.74, 6) is -2.10. The average Bonchev–Trinajstić information content (AvgIpc) is 0.930. The van der Waals surface area contributed by atoms with Gasteiger partial charge in [0.05, 0.1) is 21.5 Å². The number of pyridine rings is 4. The zero-order chi connectivity index (χ0) is 64.9. The lowest BCUT2D eigenvalue weighted by molar-refractivity contribution is 0.0462. The van der Waals surface area contributed by atoms with Crippen molar-refractivity contribution in [1.29, 1.82) is 0 Å². The molecule has 8 aromatic rings. The Morgan fingerprint density at radius 2 is 0.609 bits per heavy atom. The molecule has 0 radical (unpaired) electrons. The predicted molar refractivity (Wildman–Crippen MR) is 357 cm³/mol. The van der Waals surface area contributed by atoms with Gasteiger partial charge >= 0.3 is 0 Å². The summed E-state index contributed by atoms with van der Waals surface area (Å²) in [7, 11) is 0. The fourth-order valence-corrected chi connectivity index (χ4v) is 11.8. The number of amides is 4. The number of rotatable bonds is 34. The largest absolute Gasteiger partial charge is 0.410 e. The first-order valence-electron chi connectivity index (χ1n) is 32.6. The molecule has 1 aliphatic carbocycles. The Bertz CT molecular complexity index is 3610. The van der Waals surface area contributed by atoms with Crippen molar-refractivity contribution in [2.45, 2.75) is 117 Å². The van der Waals surface area contributed by atoms with Crippen molar-refractivity contribution in [3.8, 4) is 0 Å². The molecule has 9 rings (SSSR count). The molecule has 1 saturated carbocycles. The van der Waals surface area contributed by atoms with Crippen LogP contribution >= 0.6 is 0 Å². The van der Waals surface area contributed by atoms with Crippen LogP contribution in [-0.2, 0) is 0 Å². The molecule has 22 heteroatoms. The molecule has 4 aromatic carbocycles. The van der Waals surface area contributed by atoms with Gasteiger partial charge in [0.25, 0.3) is 45.9 Å². The molecule has 0 spiro atoms. The van der Waals surface area contributed by atoms with Crippen molar-refractivity contribution >= 4 is 66.7 Å². The molecule has 1 fully saturated rings. The summed E-state index contributed by atoms with van der Waals surface area (Å²) in [6.07, 6.45) is 8.93. The Kier molecular flexibility index (Phi) is 24.2. The van der Waals surface area contributed by atoms with Crippen LogP contribution in [0, 0.1) is 0 Å². The number of carbonyl (C=O) groups excluding carboxylic acids is 4. The second-order valence-corrected chi connectivity index (χ2v) is 23.1. The maximum absolute atomic E-state index is 14.4. The second kappa shape index (κ2) is 33.2. The van der Waals surface area contributed by atoms with Gasteiger partial charge in [-0.3, -0.25) is 48.2 Å². The summed E-state index contributed by atoms with van der Waals surface area (Å²) < 4.78 is 4.29. The highest BCUT2D eigenvalue weighted by atomic mass is 16.7. The molecule has 1 aliphatic rings. The molecular weight excluding hydrogens is 1170 g/mol. The molecule has 0 unspecified atom stereocenters. The van der Waals surface area contributed by atoms with E-state index >= 15 is 0 Å². The number of benzene rings is 4. The molecule has 2 atom stereocenters. The lowest BCUT2D eigenvalue weighted by Gasteiger charge is -2.45. The highest BCUT2D eigenvalue weighted by Crippen LogP contribution is 2.28. The molecule has 0 saturated heterocycles. The van der Waals surface area contributed by atoms with Gasteiger partial charge in [-0.1, -0.05) is 139 Å². The Balaban J connectivity index is 1.03. The molecule has 22 nitrogen and oxygen atoms in total. The number of carbonyl (C=O) groups is 4. The first-order chi connectivity index (χ1) is 44.9. The molecule has 4 aromatic heterocycles. The summed E-state index contributed by atoms with van der Waals surface area (Å²) in [5, 5.41) is 16.2. The zero-order valence-corrected chi connectivity index (χ0v) is 53.3. The van der Waals surface area contributed by atoms with Gasteiger partial charge < -0.3 is 40.6 Å². The van der Waals surface area contributed by atoms with Crippen molar-refractivity contribution in [3.05, 3.63) is 186 Å². The third-order valence-electron chi connectivity index (χ3n) is 16.7. The molecule has 4 amide bonds. The van der Waals surface area contributed by atoms with Gasteiger partial charge in [0, 0.05) is 64.4 Å². The van der Waals surface area contributed by atoms with Crippen LogP contribution in [0.1, 0.15) is 147 Å². The Labute approximate surface area is 534 Å². The van der Waals surface area contributed by atoms with E-state index < -0.39 is 45.9 Å². The van der Waals surface area contributed by atoms with E-state index in [1.165, 1.54) is 0 Å². The van der Waals surface area contributed by atoms with Gasteiger partial charge in [-0.2, -0.15) is 0 Å². The quantitative estimate of drug-likeness (QED) is 0.0303. The molecule has 0 bridgehead atoms. The Hall–Kier alpha value is -9.28. The minimum Gasteiger partial charge on any atom is -0.410 e. The minimum absolute atomic E-state index is 0.0402. The van der Waals surface area contributed by atoms with Crippen LogP contribution in [0.2, 0.25) is 0 Å². The van der Waals surface area contributed by atoms with E-state index in [1.54, 1.807) is 121 Å². The standard InChI is InChI=1S/C70H86N10O12/c1-5-9-41-89-77-59(45-49-23-13-17-27-53(49)67(77)85)63(81)71-33-37-75(38-34-72-64(82)60-46-50-24-14-18-28-54(50)68(86)78(60)90-42-10-6-2)57-31-21-22-32-58(57)76(39-35-73-65(83)61-47-51-25-15-19-29-55(51)69(87)79(61)91-43-11-7-3)40-36-74-66(84)62-48-52-26-16-20-30-56(52)70(88)80(62)92-44-12-8-4/h13-20,23-30,45-48,57-58H,5-12,21-22,31-44H2,1-4H3,(H,71,81)(H,72,82)(H,73,83)(H,74,84)/t57-,58-/m1/s1. The first kappa shape index (κ1) is 67.1. The van der Waals surface area contributed by atoms with E-state index in [4.69, 9.17) is 19.4 Å². The second-order valence-electron chi connectivity index (χ2n) is 23.1. The normalized spacial score (nSPS) is 14.0. The number of nitrogens with zero attached hydrogens (tertiary/aromatic N) is 6. The first-order valence-corrected chi connectivity index (χ1v) is 32.6. The Morgan fingerprint density at radius 1 is 0.380 bits per heavy atom. The monoisotopic (exact) mass is 1260 g/mol. The molecule has 4 heterocycles. The number of hydrogen-bond donors (Lipinski definition) is 4. The van der Waals surface area contributed by atoms with E-state index in [9.17, 15) is 38.4 Å². The molecule has 4 N–H and O–H groups in total. The summed E-state index contributed by atoms with van der Waals surface area (Å²) in [4.78, 5) is 142. The molecule has 0 aliphatic heterocycles. The average molecular weight is 1260 g/mol. The number of nitrogens with one attached hydrogen (secondary N) is 4. The lowest BCUT2D eigenvalue weighted by atomic mass is 9.87. The minimum atomic E-state index is -0.525. The maximum Gasteiger partial charge on any atom is 0.291 e. The molecule has 92 heavy (non-hydrogen) atoms. The fourth-order valence-electron chi connectivity index (χ4n) is 11.8. The van der Waals surface area contributed by atoms with Crippen LogP contribution in [0.15, 0.2) is 141 Å². The SMILES string of the molecule is CCCCOn1c(C(=O)NCCN(CCNC(=O)c2cc3ccccc3c(=O)n2OCCCC)[C@@H]2CCCC[C@H]2N(CCNC(=O)c2cc3ccccc3c(=O)n2OCCCC)CCNC(=O)c2cc3ccccc3c(=O)n2OCCCC)cc2ccccc2c1=O. The number of hydrogen-bond acceptors (Lipinski definition) is 14. The summed E-state index contributed by atoms with van der Waals surface area (Å²) in [6.45, 7) is 10.4. The van der Waals surface area contributed by atoms with Crippen LogP contribution in [0.4, 0.5) is 0 Å². The van der Waals surface area contributed by atoms with Crippen molar-refractivity contribution in [2.24, 2.45) is 0 Å². The van der Waals surface area contributed by atoms with Crippen LogP contribution in [0.5, 0.6) is 0 Å². The molecule has 488 valence electrons. The van der Waals surface area contributed by atoms with E-state index in [1.807, 2.05) is 27.7 Å². The van der Waals surface area contributed by atoms with Gasteiger partial charge in [0.2, 0.25) is 0 Å². The van der Waals surface area contributed by atoms with Crippen molar-refractivity contribution in [3.63, 3.8) is 0 Å². The van der Waals surface area contributed by atoms with Crippen molar-refractivity contribution in [1.82, 2.24) is 50.0 Å². The predicted octanol–water partition coefficient (Wildman–Crippen LogP) is 6.80. The van der Waals surface area contributed by atoms with Gasteiger partial charge in [-0.05, 0) is 109 Å². The van der Waals surface area contributed by atoms with Crippen LogP contribution in [0.25, 0.3) is 43.1 Å². The van der Waals surface area contributed by atoms with Gasteiger partial charge in [-0.15, -0.1) is 18.9 Å². The zero-order valence-electron chi connectivity index (χ0n) is 53.3. The van der Waals surface area contributed by atoms with Crippen LogP contribution < -0.4 is 62.9 Å². The maximum atomic E-state index is 14.4. The third-order valence-corrected chi connectivity index (χ3v) is 16.7. The fraction of sp³-hybridized carbons (Fsp3) is 0.429. The van der Waals surface area contributed by atoms with E-state index in [-0.39, 0.29) is 114 Å². The van der Waals surface area contributed by atoms with Gasteiger partial charge in [0.15, 0.2) is 0 Å². The van der Waals surface area contributed by atoms with Crippen LogP contribution in [-0.4, -0.2) is 143 Å². The van der Waals surface area contributed by atoms with E-state index in [2.05, 4.69) is 31.1 Å². The topological polar surface area (TPSA) is 248 Å². The van der Waals surface area contributed by atoms with Crippen molar-refractivity contribution < 1.29 is 38.5 Å². The number of aromatic nitrogens is 4. The van der Waals surface area contributed by atoms with Crippen molar-refractivity contribution in [2.75, 3.05) is 78.8 Å². The van der Waals surface area contributed by atoms with Crippen LogP contribution in [0.3, 0.4) is 0 Å². The lowest BCUT2D eigenvalue weighted by Crippen LogP contribution is -2.58. The highest BCUT2D eigenvalue weighted by Gasteiger charge is 2.35. The smallest absolute Gasteiger partial charge is 0.291 e. The Morgan fingerprint density at radius 3 is 0.837 bits per heavy atom. The summed E-state index contributed by atoms with van der Waals surface area (Å²) in [5.41, 5.74) is -1.65. The number of unbranched alkanes of at least 4 members (excludes halogenated alkanes) is 4. The van der Waals surface area contributed by atoms with Gasteiger partial charge in [0.1, 0.15) is 49.2 Å². The summed E-state index contributed by atoms with van der Waals surface area (Å²) >= 11 is 0. The third kappa shape index (κ3) is 16.2. The molecular formula is C70H86N10O12. The van der Waals surface area contributed by atoms with E-state index in [0.29, 0.717) is 81.6 Å². The number of fused-ring (bicyclic) bond motifs is 4. The summed E-state index contributed by atoms with van der Waals surface area (Å²) in [6, 6.07) is 34.2. The highest BCUT2D eigenvalue weighted by molar-refractivity contribution is 5.99. The van der Waals surface area contributed by atoms with Gasteiger partial charge in [-0.25, -0.2) is 0 Å². The van der Waals surface area contributed by atoms with E-state index in [0.717, 1.165) is 57.4 Å².